The maximum Gasteiger partial charge on any atom is 0.337 e. The third-order valence-electron chi connectivity index (χ3n) is 6.60. The summed E-state index contributed by atoms with van der Waals surface area (Å²) in [6.45, 7) is 5.62. The second-order valence-electron chi connectivity index (χ2n) is 9.24. The lowest BCUT2D eigenvalue weighted by atomic mass is 9.94. The number of carbonyl (C=O) groups excluding carboxylic acids is 2. The van der Waals surface area contributed by atoms with Gasteiger partial charge < -0.3 is 15.0 Å². The highest BCUT2D eigenvalue weighted by atomic mass is 16.5. The topological polar surface area (TPSA) is 58.6 Å². The molecule has 1 heterocycles. The Hall–Kier alpha value is -3.44. The highest BCUT2D eigenvalue weighted by Crippen LogP contribution is 2.32. The van der Waals surface area contributed by atoms with Crippen molar-refractivity contribution in [2.45, 2.75) is 38.6 Å². The molecule has 5 nitrogen and oxygen atoms in total. The fourth-order valence-electron chi connectivity index (χ4n) is 4.60. The average Bonchev–Trinajstić information content (AvgIpc) is 3.30. The molecule has 0 saturated carbocycles. The first kappa shape index (κ1) is 23.7. The third kappa shape index (κ3) is 5.20. The Balaban J connectivity index is 1.39. The lowest BCUT2D eigenvalue weighted by Crippen LogP contribution is -2.39. The highest BCUT2D eigenvalue weighted by molar-refractivity contribution is 5.95. The summed E-state index contributed by atoms with van der Waals surface area (Å²) < 4.78 is 4.78. The number of methoxy groups -OCH3 is 1. The third-order valence-corrected chi connectivity index (χ3v) is 6.60. The maximum absolute atomic E-state index is 13.1. The summed E-state index contributed by atoms with van der Waals surface area (Å²) in [5, 5.41) is 3.53. The molecule has 0 aliphatic carbocycles. The number of hydrogen-bond acceptors (Lipinski definition) is 4. The van der Waals surface area contributed by atoms with Crippen molar-refractivity contribution in [2.24, 2.45) is 0 Å². The smallest absolute Gasteiger partial charge is 0.337 e. The molecule has 0 fully saturated rings. The molecule has 34 heavy (non-hydrogen) atoms. The van der Waals surface area contributed by atoms with Gasteiger partial charge in [0.2, 0.25) is 5.91 Å². The number of ether oxygens (including phenoxy) is 1. The van der Waals surface area contributed by atoms with Gasteiger partial charge in [0.05, 0.1) is 12.7 Å². The summed E-state index contributed by atoms with van der Waals surface area (Å²) in [4.78, 5) is 26.7. The van der Waals surface area contributed by atoms with Crippen molar-refractivity contribution in [1.82, 2.24) is 5.32 Å². The largest absolute Gasteiger partial charge is 0.465 e. The Morgan fingerprint density at radius 2 is 1.71 bits per heavy atom. The average molecular weight is 457 g/mol. The van der Waals surface area contributed by atoms with E-state index in [1.165, 1.54) is 23.8 Å². The van der Waals surface area contributed by atoms with Crippen molar-refractivity contribution >= 4 is 17.6 Å². The Kier molecular flexibility index (Phi) is 7.13. The predicted molar refractivity (Wildman–Crippen MR) is 135 cm³/mol. The minimum atomic E-state index is -0.331. The van der Waals surface area contributed by atoms with Crippen LogP contribution in [0.5, 0.6) is 0 Å². The van der Waals surface area contributed by atoms with Gasteiger partial charge in [-0.2, -0.15) is 0 Å². The Morgan fingerprint density at radius 1 is 0.971 bits per heavy atom. The molecule has 4 rings (SSSR count). The Morgan fingerprint density at radius 3 is 2.41 bits per heavy atom. The molecular weight excluding hydrogens is 424 g/mol. The van der Waals surface area contributed by atoms with Gasteiger partial charge in [-0.05, 0) is 67.1 Å². The van der Waals surface area contributed by atoms with Gasteiger partial charge in [-0.1, -0.05) is 54.6 Å². The number of esters is 1. The van der Waals surface area contributed by atoms with Crippen LogP contribution in [0.15, 0.2) is 72.8 Å². The fraction of sp³-hybridized carbons (Fsp3) is 0.310. The molecule has 0 unspecified atom stereocenters. The molecule has 1 aliphatic rings. The molecule has 0 radical (unpaired) electrons. The zero-order valence-corrected chi connectivity index (χ0v) is 20.1. The second-order valence-corrected chi connectivity index (χ2v) is 9.24. The van der Waals surface area contributed by atoms with E-state index in [-0.39, 0.29) is 17.4 Å². The van der Waals surface area contributed by atoms with Crippen LogP contribution in [0.1, 0.15) is 52.9 Å². The van der Waals surface area contributed by atoms with E-state index >= 15 is 0 Å². The van der Waals surface area contributed by atoms with Gasteiger partial charge in [0.15, 0.2) is 0 Å². The molecule has 0 saturated heterocycles. The molecule has 5 heteroatoms. The lowest BCUT2D eigenvalue weighted by molar-refractivity contribution is -0.118. The monoisotopic (exact) mass is 456 g/mol. The van der Waals surface area contributed by atoms with Crippen LogP contribution < -0.4 is 10.2 Å². The summed E-state index contributed by atoms with van der Waals surface area (Å²) in [6, 6.07) is 24.0. The standard InChI is InChI=1S/C29H32N2O3/c1-29(2,24-9-5-4-6-10-24)30-18-16-27(32)31-19-17-25-23(8-7-11-26(25)31)20-21-12-14-22(15-13-21)28(33)34-3/h4-15,30H,16-20H2,1-3H3. The quantitative estimate of drug-likeness (QED) is 0.492. The van der Waals surface area contributed by atoms with Crippen LogP contribution in [0.2, 0.25) is 0 Å². The zero-order valence-electron chi connectivity index (χ0n) is 20.1. The molecular formula is C29H32N2O3. The van der Waals surface area contributed by atoms with E-state index < -0.39 is 0 Å². The van der Waals surface area contributed by atoms with Crippen LogP contribution >= 0.6 is 0 Å². The van der Waals surface area contributed by atoms with Gasteiger partial charge in [0, 0.05) is 30.7 Å². The summed E-state index contributed by atoms with van der Waals surface area (Å²) in [7, 11) is 1.39. The molecule has 0 spiro atoms. The van der Waals surface area contributed by atoms with E-state index in [2.05, 4.69) is 37.4 Å². The molecule has 3 aromatic rings. The minimum absolute atomic E-state index is 0.148. The molecule has 176 valence electrons. The highest BCUT2D eigenvalue weighted by Gasteiger charge is 2.27. The van der Waals surface area contributed by atoms with E-state index in [1.54, 1.807) is 12.1 Å². The van der Waals surface area contributed by atoms with E-state index in [4.69, 9.17) is 4.74 Å². The van der Waals surface area contributed by atoms with Gasteiger partial charge in [-0.3, -0.25) is 4.79 Å². The van der Waals surface area contributed by atoms with Crippen LogP contribution in [0.4, 0.5) is 5.69 Å². The summed E-state index contributed by atoms with van der Waals surface area (Å²) in [6.07, 6.45) is 2.08. The summed E-state index contributed by atoms with van der Waals surface area (Å²) in [5.74, 6) is -0.183. The predicted octanol–water partition coefficient (Wildman–Crippen LogP) is 4.87. The lowest BCUT2D eigenvalue weighted by Gasteiger charge is -2.27. The van der Waals surface area contributed by atoms with Crippen molar-refractivity contribution in [1.29, 1.82) is 0 Å². The van der Waals surface area contributed by atoms with Gasteiger partial charge in [0.25, 0.3) is 0 Å². The van der Waals surface area contributed by atoms with Crippen molar-refractivity contribution in [3.8, 4) is 0 Å². The number of amides is 1. The van der Waals surface area contributed by atoms with E-state index in [1.807, 2.05) is 47.4 Å². The van der Waals surface area contributed by atoms with Crippen molar-refractivity contribution < 1.29 is 14.3 Å². The zero-order chi connectivity index (χ0) is 24.1. The summed E-state index contributed by atoms with van der Waals surface area (Å²) >= 11 is 0. The molecule has 1 amide bonds. The molecule has 0 atom stereocenters. The van der Waals surface area contributed by atoms with Gasteiger partial charge in [-0.25, -0.2) is 4.79 Å². The number of nitrogens with one attached hydrogen (secondary N) is 1. The van der Waals surface area contributed by atoms with Gasteiger partial charge in [-0.15, -0.1) is 0 Å². The normalized spacial score (nSPS) is 13.0. The van der Waals surface area contributed by atoms with Crippen LogP contribution in [0, 0.1) is 0 Å². The second kappa shape index (κ2) is 10.2. The van der Waals surface area contributed by atoms with E-state index in [9.17, 15) is 9.59 Å². The maximum atomic E-state index is 13.1. The minimum Gasteiger partial charge on any atom is -0.465 e. The SMILES string of the molecule is COC(=O)c1ccc(Cc2cccc3c2CCN3C(=O)CCNC(C)(C)c2ccccc2)cc1. The molecule has 0 aromatic heterocycles. The van der Waals surface area contributed by atoms with Crippen molar-refractivity contribution in [3.63, 3.8) is 0 Å². The van der Waals surface area contributed by atoms with Gasteiger partial charge in [0.1, 0.15) is 0 Å². The van der Waals surface area contributed by atoms with E-state index in [0.717, 1.165) is 24.1 Å². The molecule has 0 bridgehead atoms. The number of benzene rings is 3. The number of hydrogen-bond donors (Lipinski definition) is 1. The first-order valence-electron chi connectivity index (χ1n) is 11.8. The number of anilines is 1. The van der Waals surface area contributed by atoms with Crippen LogP contribution in [-0.4, -0.2) is 32.1 Å². The number of rotatable bonds is 8. The number of nitrogens with zero attached hydrogens (tertiary/aromatic N) is 1. The Labute approximate surface area is 201 Å². The molecule has 1 aliphatic heterocycles. The number of carbonyl (C=O) groups is 2. The molecule has 1 N–H and O–H groups in total. The van der Waals surface area contributed by atoms with Crippen molar-refractivity contribution in [3.05, 3.63) is 101 Å². The van der Waals surface area contributed by atoms with Crippen LogP contribution in [-0.2, 0) is 27.9 Å². The fourth-order valence-corrected chi connectivity index (χ4v) is 4.60. The first-order valence-corrected chi connectivity index (χ1v) is 11.8. The van der Waals surface area contributed by atoms with E-state index in [0.29, 0.717) is 25.1 Å². The Bertz CT molecular complexity index is 1150. The van der Waals surface area contributed by atoms with Crippen LogP contribution in [0.25, 0.3) is 0 Å². The first-order chi connectivity index (χ1) is 16.4. The van der Waals surface area contributed by atoms with Crippen molar-refractivity contribution in [2.75, 3.05) is 25.1 Å². The summed E-state index contributed by atoms with van der Waals surface area (Å²) in [5.41, 5.74) is 6.17. The number of fused-ring (bicyclic) bond motifs is 1. The molecule has 3 aromatic carbocycles. The van der Waals surface area contributed by atoms with Crippen LogP contribution in [0.3, 0.4) is 0 Å². The van der Waals surface area contributed by atoms with Gasteiger partial charge >= 0.3 is 5.97 Å².